The molecule has 5 heteroatoms. The molecule has 1 rings (SSSR count). The second-order valence-corrected chi connectivity index (χ2v) is 4.88. The lowest BCUT2D eigenvalue weighted by Gasteiger charge is -2.28. The van der Waals surface area contributed by atoms with Crippen LogP contribution >= 0.6 is 0 Å². The Kier molecular flexibility index (Phi) is 4.11. The first kappa shape index (κ1) is 11.2. The molecule has 1 aliphatic rings. The van der Waals surface area contributed by atoms with Gasteiger partial charge in [-0.3, -0.25) is 9.00 Å². The Morgan fingerprint density at radius 3 is 2.64 bits per heavy atom. The van der Waals surface area contributed by atoms with Crippen molar-refractivity contribution < 1.29 is 9.00 Å². The third-order valence-corrected chi connectivity index (χ3v) is 3.42. The first-order valence-corrected chi connectivity index (χ1v) is 5.96. The first-order chi connectivity index (χ1) is 6.65. The minimum absolute atomic E-state index is 0.125. The van der Waals surface area contributed by atoms with Gasteiger partial charge in [0.25, 0.3) is 0 Å². The summed E-state index contributed by atoms with van der Waals surface area (Å²) in [4.78, 5) is 13.2. The van der Waals surface area contributed by atoms with Crippen LogP contribution in [0, 0.1) is 12.3 Å². The highest BCUT2D eigenvalue weighted by Gasteiger charge is 2.23. The summed E-state index contributed by atoms with van der Waals surface area (Å²) in [5.74, 6) is 3.34. The smallest absolute Gasteiger partial charge is 0.240 e. The fraction of sp³-hybridized carbons (Fsp3) is 0.667. The molecule has 1 aliphatic heterocycles. The molecule has 1 unspecified atom stereocenters. The summed E-state index contributed by atoms with van der Waals surface area (Å²) < 4.78 is 11.0. The van der Waals surface area contributed by atoms with Gasteiger partial charge in [-0.15, -0.1) is 12.3 Å². The third-order valence-electron chi connectivity index (χ3n) is 2.14. The van der Waals surface area contributed by atoms with Gasteiger partial charge in [0.2, 0.25) is 5.91 Å². The molecule has 14 heavy (non-hydrogen) atoms. The van der Waals surface area contributed by atoms with Crippen LogP contribution in [0.1, 0.15) is 6.42 Å². The van der Waals surface area contributed by atoms with Gasteiger partial charge in [-0.25, -0.2) is 0 Å². The number of nitrogens with two attached hydrogens (primary N) is 1. The maximum Gasteiger partial charge on any atom is 0.240 e. The van der Waals surface area contributed by atoms with Crippen molar-refractivity contribution >= 4 is 16.7 Å². The van der Waals surface area contributed by atoms with E-state index >= 15 is 0 Å². The van der Waals surface area contributed by atoms with E-state index in [0.29, 0.717) is 24.6 Å². The molecule has 1 atom stereocenters. The van der Waals surface area contributed by atoms with E-state index in [4.69, 9.17) is 12.2 Å². The van der Waals surface area contributed by atoms with Crippen molar-refractivity contribution in [2.24, 2.45) is 5.73 Å². The van der Waals surface area contributed by atoms with Crippen LogP contribution < -0.4 is 5.73 Å². The molecule has 78 valence electrons. The van der Waals surface area contributed by atoms with E-state index in [9.17, 15) is 9.00 Å². The Balaban J connectivity index is 2.45. The number of carbonyl (C=O) groups is 1. The second kappa shape index (κ2) is 5.13. The van der Waals surface area contributed by atoms with Crippen molar-refractivity contribution in [3.05, 3.63) is 0 Å². The molecule has 0 aromatic rings. The lowest BCUT2D eigenvalue weighted by Crippen LogP contribution is -2.49. The van der Waals surface area contributed by atoms with E-state index in [0.717, 1.165) is 0 Å². The van der Waals surface area contributed by atoms with Crippen molar-refractivity contribution in [3.8, 4) is 12.3 Å². The normalized spacial score (nSPS) is 20.1. The molecule has 0 spiro atoms. The van der Waals surface area contributed by atoms with Crippen LogP contribution in [-0.4, -0.2) is 45.7 Å². The highest BCUT2D eigenvalue weighted by molar-refractivity contribution is 7.85. The van der Waals surface area contributed by atoms with Crippen LogP contribution in [0.5, 0.6) is 0 Å². The Hall–Kier alpha value is -0.860. The molecule has 0 bridgehead atoms. The lowest BCUT2D eigenvalue weighted by atomic mass is 10.2. The average Bonchev–Trinajstić information content (AvgIpc) is 2.18. The molecule has 0 aromatic carbocycles. The summed E-state index contributed by atoms with van der Waals surface area (Å²) in [6.07, 6.45) is 5.33. The predicted molar refractivity (Wildman–Crippen MR) is 55.9 cm³/mol. The van der Waals surface area contributed by atoms with E-state index in [1.54, 1.807) is 4.90 Å². The Morgan fingerprint density at radius 2 is 2.14 bits per heavy atom. The topological polar surface area (TPSA) is 63.4 Å². The summed E-state index contributed by atoms with van der Waals surface area (Å²) in [6, 6.07) is -0.605. The fourth-order valence-electron chi connectivity index (χ4n) is 1.31. The van der Waals surface area contributed by atoms with Gasteiger partial charge in [0.1, 0.15) is 0 Å². The number of carbonyl (C=O) groups excluding carboxylic acids is 1. The Morgan fingerprint density at radius 1 is 1.57 bits per heavy atom. The van der Waals surface area contributed by atoms with Crippen LogP contribution in [0.3, 0.4) is 0 Å². The van der Waals surface area contributed by atoms with Gasteiger partial charge >= 0.3 is 0 Å². The molecule has 1 saturated heterocycles. The molecule has 0 aliphatic carbocycles. The summed E-state index contributed by atoms with van der Waals surface area (Å²) >= 11 is 0. The zero-order valence-electron chi connectivity index (χ0n) is 7.94. The summed E-state index contributed by atoms with van der Waals surface area (Å²) in [5, 5.41) is 0. The molecule has 0 saturated carbocycles. The average molecular weight is 214 g/mol. The van der Waals surface area contributed by atoms with Crippen LogP contribution in [0.4, 0.5) is 0 Å². The Bertz CT molecular complexity index is 275. The molecule has 2 N–H and O–H groups in total. The molecule has 1 heterocycles. The van der Waals surface area contributed by atoms with Crippen molar-refractivity contribution in [1.29, 1.82) is 0 Å². The highest BCUT2D eigenvalue weighted by Crippen LogP contribution is 2.03. The Labute approximate surface area is 86.3 Å². The largest absolute Gasteiger partial charge is 0.339 e. The van der Waals surface area contributed by atoms with Crippen LogP contribution in [-0.2, 0) is 15.6 Å². The number of rotatable bonds is 2. The van der Waals surface area contributed by atoms with Crippen molar-refractivity contribution in [2.75, 3.05) is 24.6 Å². The van der Waals surface area contributed by atoms with Crippen LogP contribution in [0.15, 0.2) is 0 Å². The van der Waals surface area contributed by atoms with E-state index in [1.807, 2.05) is 0 Å². The standard InChI is InChI=1S/C9H14N2O2S/c1-2-3-8(10)9(12)11-4-6-14(13)7-5-11/h1,8H,3-7,10H2. The van der Waals surface area contributed by atoms with Gasteiger partial charge in [0.15, 0.2) is 0 Å². The van der Waals surface area contributed by atoms with Crippen LogP contribution in [0.25, 0.3) is 0 Å². The van der Waals surface area contributed by atoms with Gasteiger partial charge in [0, 0.05) is 41.8 Å². The van der Waals surface area contributed by atoms with E-state index in [-0.39, 0.29) is 12.3 Å². The quantitative estimate of drug-likeness (QED) is 0.595. The molecule has 1 fully saturated rings. The summed E-state index contributed by atoms with van der Waals surface area (Å²) in [7, 11) is -0.769. The maximum absolute atomic E-state index is 11.6. The van der Waals surface area contributed by atoms with Crippen LogP contribution in [0.2, 0.25) is 0 Å². The number of terminal acetylenes is 1. The lowest BCUT2D eigenvalue weighted by molar-refractivity contribution is -0.132. The minimum Gasteiger partial charge on any atom is -0.339 e. The van der Waals surface area contributed by atoms with E-state index in [1.165, 1.54) is 0 Å². The van der Waals surface area contributed by atoms with Gasteiger partial charge in [-0.1, -0.05) is 0 Å². The molecule has 4 nitrogen and oxygen atoms in total. The van der Waals surface area contributed by atoms with E-state index < -0.39 is 16.8 Å². The minimum atomic E-state index is -0.769. The SMILES string of the molecule is C#CCC(N)C(=O)N1CCS(=O)CC1. The van der Waals surface area contributed by atoms with Crippen molar-refractivity contribution in [3.63, 3.8) is 0 Å². The van der Waals surface area contributed by atoms with E-state index in [2.05, 4.69) is 5.92 Å². The number of nitrogens with zero attached hydrogens (tertiary/aromatic N) is 1. The maximum atomic E-state index is 11.6. The van der Waals surface area contributed by atoms with Gasteiger partial charge in [-0.05, 0) is 0 Å². The number of hydrogen-bond donors (Lipinski definition) is 1. The zero-order valence-corrected chi connectivity index (χ0v) is 8.76. The number of amides is 1. The second-order valence-electron chi connectivity index (χ2n) is 3.19. The van der Waals surface area contributed by atoms with Gasteiger partial charge in [0.05, 0.1) is 6.04 Å². The molecular weight excluding hydrogens is 200 g/mol. The van der Waals surface area contributed by atoms with Gasteiger partial charge in [-0.2, -0.15) is 0 Å². The first-order valence-electron chi connectivity index (χ1n) is 4.48. The van der Waals surface area contributed by atoms with Crippen molar-refractivity contribution in [2.45, 2.75) is 12.5 Å². The predicted octanol–water partition coefficient (Wildman–Crippen LogP) is -1.07. The number of hydrogen-bond acceptors (Lipinski definition) is 3. The molecular formula is C9H14N2O2S. The molecule has 0 aromatic heterocycles. The molecule has 0 radical (unpaired) electrons. The third kappa shape index (κ3) is 2.82. The van der Waals surface area contributed by atoms with Gasteiger partial charge < -0.3 is 10.6 Å². The summed E-state index contributed by atoms with van der Waals surface area (Å²) in [5.41, 5.74) is 5.58. The van der Waals surface area contributed by atoms with Crippen molar-refractivity contribution in [1.82, 2.24) is 4.90 Å². The molecule has 1 amide bonds. The highest BCUT2D eigenvalue weighted by atomic mass is 32.2. The zero-order chi connectivity index (χ0) is 10.6. The fourth-order valence-corrected chi connectivity index (χ4v) is 2.36. The summed E-state index contributed by atoms with van der Waals surface area (Å²) in [6.45, 7) is 1.06. The monoisotopic (exact) mass is 214 g/mol.